The van der Waals surface area contributed by atoms with Gasteiger partial charge in [-0.2, -0.15) is 0 Å². The highest BCUT2D eigenvalue weighted by Crippen LogP contribution is 2.35. The number of nitro benzene ring substituents is 1. The number of hydrogen-bond acceptors (Lipinski definition) is 5. The van der Waals surface area contributed by atoms with E-state index in [-0.39, 0.29) is 22.9 Å². The Morgan fingerprint density at radius 1 is 0.829 bits per heavy atom. The van der Waals surface area contributed by atoms with Crippen LogP contribution in [0, 0.1) is 10.1 Å². The first-order valence-corrected chi connectivity index (χ1v) is 11.7. The summed E-state index contributed by atoms with van der Waals surface area (Å²) in [5.74, 6) is 1.39. The number of rotatable bonds is 6. The molecule has 7 nitrogen and oxygen atoms in total. The van der Waals surface area contributed by atoms with Crippen molar-refractivity contribution in [2.75, 3.05) is 18.1 Å². The van der Waals surface area contributed by atoms with Crippen LogP contribution in [-0.2, 0) is 11.2 Å². The van der Waals surface area contributed by atoms with Crippen LogP contribution in [-0.4, -0.2) is 28.9 Å². The third-order valence-electron chi connectivity index (χ3n) is 6.15. The summed E-state index contributed by atoms with van der Waals surface area (Å²) in [6, 6.07) is 27.7. The summed E-state index contributed by atoms with van der Waals surface area (Å²) in [4.78, 5) is 24.6. The fourth-order valence-corrected chi connectivity index (χ4v) is 4.54. The van der Waals surface area contributed by atoms with E-state index in [0.29, 0.717) is 24.2 Å². The number of hydrazine groups is 1. The summed E-state index contributed by atoms with van der Waals surface area (Å²) in [6.45, 7) is 1.27. The van der Waals surface area contributed by atoms with Gasteiger partial charge in [-0.25, -0.2) is 0 Å². The number of para-hydroxylation sites is 1. The number of anilines is 1. The summed E-state index contributed by atoms with van der Waals surface area (Å²) in [6.07, 6.45) is 2.08. The Hall–Kier alpha value is -4.39. The number of nitrogens with zero attached hydrogens (tertiary/aromatic N) is 3. The van der Waals surface area contributed by atoms with E-state index in [4.69, 9.17) is 4.74 Å². The Morgan fingerprint density at radius 3 is 2.34 bits per heavy atom. The van der Waals surface area contributed by atoms with Gasteiger partial charge < -0.3 is 4.74 Å². The molecule has 0 radical (unpaired) electrons. The minimum Gasteiger partial charge on any atom is -0.457 e. The van der Waals surface area contributed by atoms with Gasteiger partial charge in [0.2, 0.25) is 5.91 Å². The predicted octanol–water partition coefficient (Wildman–Crippen LogP) is 6.13. The summed E-state index contributed by atoms with van der Waals surface area (Å²) in [7, 11) is 0. The molecule has 1 saturated heterocycles. The first-order valence-electron chi connectivity index (χ1n) is 11.7. The van der Waals surface area contributed by atoms with E-state index in [2.05, 4.69) is 0 Å². The van der Waals surface area contributed by atoms with Crippen LogP contribution in [0.15, 0.2) is 91.0 Å². The molecule has 1 fully saturated rings. The molecule has 0 spiro atoms. The van der Waals surface area contributed by atoms with Crippen molar-refractivity contribution in [2.24, 2.45) is 0 Å². The average Bonchev–Trinajstić information content (AvgIpc) is 2.89. The highest BCUT2D eigenvalue weighted by Gasteiger charge is 2.27. The first kappa shape index (κ1) is 22.4. The quantitative estimate of drug-likeness (QED) is 0.252. The molecule has 7 heteroatoms. The van der Waals surface area contributed by atoms with E-state index in [1.165, 1.54) is 6.07 Å². The molecule has 5 rings (SSSR count). The van der Waals surface area contributed by atoms with Crippen molar-refractivity contribution < 1.29 is 14.5 Å². The lowest BCUT2D eigenvalue weighted by molar-refractivity contribution is -0.383. The number of nitro groups is 1. The zero-order valence-electron chi connectivity index (χ0n) is 19.2. The Balaban J connectivity index is 1.40. The van der Waals surface area contributed by atoms with Gasteiger partial charge in [0.15, 0.2) is 0 Å². The van der Waals surface area contributed by atoms with Crippen molar-refractivity contribution in [1.29, 1.82) is 0 Å². The lowest BCUT2D eigenvalue weighted by Gasteiger charge is -2.40. The average molecular weight is 468 g/mol. The highest BCUT2D eigenvalue weighted by atomic mass is 16.6. The second-order valence-corrected chi connectivity index (χ2v) is 8.49. The Bertz CT molecular complexity index is 1370. The van der Waals surface area contributed by atoms with Gasteiger partial charge in [-0.3, -0.25) is 24.9 Å². The summed E-state index contributed by atoms with van der Waals surface area (Å²) >= 11 is 0. The number of non-ortho nitro benzene ring substituents is 1. The topological polar surface area (TPSA) is 75.9 Å². The van der Waals surface area contributed by atoms with Crippen molar-refractivity contribution in [3.05, 3.63) is 107 Å². The van der Waals surface area contributed by atoms with Crippen LogP contribution < -0.4 is 9.75 Å². The van der Waals surface area contributed by atoms with E-state index in [1.807, 2.05) is 71.7 Å². The molecule has 0 bridgehead atoms. The largest absolute Gasteiger partial charge is 0.457 e. The van der Waals surface area contributed by atoms with Gasteiger partial charge >= 0.3 is 0 Å². The zero-order chi connectivity index (χ0) is 24.2. The number of benzene rings is 4. The lowest BCUT2D eigenvalue weighted by atomic mass is 10.1. The number of ether oxygens (including phenoxy) is 1. The van der Waals surface area contributed by atoms with Crippen LogP contribution in [0.2, 0.25) is 0 Å². The molecule has 4 aromatic carbocycles. The van der Waals surface area contributed by atoms with E-state index < -0.39 is 0 Å². The molecule has 0 aliphatic carbocycles. The van der Waals surface area contributed by atoms with Crippen molar-refractivity contribution in [2.45, 2.75) is 19.3 Å². The van der Waals surface area contributed by atoms with Gasteiger partial charge in [-0.1, -0.05) is 48.5 Å². The molecule has 0 saturated carbocycles. The maximum Gasteiger partial charge on any atom is 0.277 e. The molecule has 1 heterocycles. The maximum absolute atomic E-state index is 13.5. The maximum atomic E-state index is 13.5. The molecule has 0 aromatic heterocycles. The van der Waals surface area contributed by atoms with Crippen LogP contribution >= 0.6 is 0 Å². The zero-order valence-corrected chi connectivity index (χ0v) is 19.2. The standard InChI is InChI=1S/C28H25N3O4/c32-28(20-21-9-8-12-23(19-21)35-22-10-2-1-3-11-22)30-18-7-6-17-29(30)26-15-16-27(31(33)34)25-14-5-4-13-24(25)26/h1-5,8-16,19H,6-7,17-18,20H2. The Labute approximate surface area is 203 Å². The predicted molar refractivity (Wildman–Crippen MR) is 136 cm³/mol. The van der Waals surface area contributed by atoms with Crippen LogP contribution in [0.4, 0.5) is 11.4 Å². The highest BCUT2D eigenvalue weighted by molar-refractivity contribution is 6.00. The smallest absolute Gasteiger partial charge is 0.277 e. The van der Waals surface area contributed by atoms with Gasteiger partial charge in [0, 0.05) is 24.5 Å². The number of fused-ring (bicyclic) bond motifs is 1. The molecule has 176 valence electrons. The lowest BCUT2D eigenvalue weighted by Crippen LogP contribution is -2.51. The van der Waals surface area contributed by atoms with Gasteiger partial charge in [0.05, 0.1) is 22.4 Å². The third-order valence-corrected chi connectivity index (χ3v) is 6.15. The van der Waals surface area contributed by atoms with Crippen LogP contribution in [0.3, 0.4) is 0 Å². The summed E-state index contributed by atoms with van der Waals surface area (Å²) < 4.78 is 5.92. The van der Waals surface area contributed by atoms with Crippen LogP contribution in [0.5, 0.6) is 11.5 Å². The van der Waals surface area contributed by atoms with Gasteiger partial charge in [-0.05, 0) is 54.8 Å². The van der Waals surface area contributed by atoms with Crippen molar-refractivity contribution in [3.8, 4) is 11.5 Å². The normalized spacial score (nSPS) is 13.6. The van der Waals surface area contributed by atoms with E-state index in [9.17, 15) is 14.9 Å². The van der Waals surface area contributed by atoms with E-state index in [0.717, 1.165) is 35.2 Å². The third kappa shape index (κ3) is 4.80. The van der Waals surface area contributed by atoms with Crippen molar-refractivity contribution in [1.82, 2.24) is 5.01 Å². The second kappa shape index (κ2) is 9.85. The second-order valence-electron chi connectivity index (χ2n) is 8.49. The van der Waals surface area contributed by atoms with Gasteiger partial charge in [0.1, 0.15) is 11.5 Å². The van der Waals surface area contributed by atoms with Crippen LogP contribution in [0.25, 0.3) is 10.8 Å². The number of amides is 1. The minimum absolute atomic E-state index is 0.0241. The Morgan fingerprint density at radius 2 is 1.54 bits per heavy atom. The fourth-order valence-electron chi connectivity index (χ4n) is 4.54. The Kier molecular flexibility index (Phi) is 6.30. The van der Waals surface area contributed by atoms with E-state index in [1.54, 1.807) is 23.2 Å². The molecule has 1 aliphatic heterocycles. The number of carbonyl (C=O) groups excluding carboxylic acids is 1. The van der Waals surface area contributed by atoms with Crippen molar-refractivity contribution in [3.63, 3.8) is 0 Å². The molecular formula is C28H25N3O4. The molecule has 0 unspecified atom stereocenters. The van der Waals surface area contributed by atoms with Crippen LogP contribution in [0.1, 0.15) is 18.4 Å². The summed E-state index contributed by atoms with van der Waals surface area (Å²) in [5.41, 5.74) is 1.73. The number of carbonyl (C=O) groups is 1. The molecule has 1 aliphatic rings. The molecular weight excluding hydrogens is 442 g/mol. The molecule has 1 amide bonds. The first-order chi connectivity index (χ1) is 17.1. The fraction of sp³-hybridized carbons (Fsp3) is 0.179. The molecule has 35 heavy (non-hydrogen) atoms. The molecule has 0 atom stereocenters. The minimum atomic E-state index is -0.365. The molecule has 4 aromatic rings. The molecule has 0 N–H and O–H groups in total. The van der Waals surface area contributed by atoms with Gasteiger partial charge in [-0.15, -0.1) is 0 Å². The SMILES string of the molecule is O=C(Cc1cccc(Oc2ccccc2)c1)N1CCCCN1c1ccc([N+](=O)[O-])c2ccccc12. The van der Waals surface area contributed by atoms with E-state index >= 15 is 0 Å². The van der Waals surface area contributed by atoms with Crippen molar-refractivity contribution >= 4 is 28.1 Å². The number of hydrogen-bond donors (Lipinski definition) is 0. The van der Waals surface area contributed by atoms with Gasteiger partial charge in [0.25, 0.3) is 5.69 Å². The monoisotopic (exact) mass is 467 g/mol. The summed E-state index contributed by atoms with van der Waals surface area (Å²) in [5, 5.41) is 16.6.